The Balaban J connectivity index is 0.00000162. The van der Waals surface area contributed by atoms with Crippen molar-refractivity contribution in [1.29, 1.82) is 0 Å². The molecule has 1 atom stereocenters. The van der Waals surface area contributed by atoms with Crippen molar-refractivity contribution in [3.8, 4) is 0 Å². The Labute approximate surface area is 137 Å². The maximum Gasteiger partial charge on any atom is 0.0468 e. The molecular formula is C13H20Cl4N2. The van der Waals surface area contributed by atoms with Crippen LogP contribution in [0.1, 0.15) is 24.9 Å². The van der Waals surface area contributed by atoms with E-state index in [0.717, 1.165) is 48.2 Å². The second-order valence-electron chi connectivity index (χ2n) is 4.35. The summed E-state index contributed by atoms with van der Waals surface area (Å²) in [5.41, 5.74) is 1.08. The highest BCUT2D eigenvalue weighted by molar-refractivity contribution is 6.36. The van der Waals surface area contributed by atoms with Gasteiger partial charge in [0.25, 0.3) is 0 Å². The third-order valence-electron chi connectivity index (χ3n) is 3.31. The zero-order chi connectivity index (χ0) is 12.3. The van der Waals surface area contributed by atoms with Crippen LogP contribution in [0.2, 0.25) is 10.0 Å². The molecule has 1 heterocycles. The van der Waals surface area contributed by atoms with E-state index in [4.69, 9.17) is 23.2 Å². The lowest BCUT2D eigenvalue weighted by Gasteiger charge is -2.35. The minimum absolute atomic E-state index is 0. The van der Waals surface area contributed by atoms with E-state index < -0.39 is 0 Å². The molecule has 1 aromatic carbocycles. The van der Waals surface area contributed by atoms with E-state index in [9.17, 15) is 0 Å². The highest BCUT2D eigenvalue weighted by Crippen LogP contribution is 2.35. The molecule has 1 N–H and O–H groups in total. The van der Waals surface area contributed by atoms with Crippen molar-refractivity contribution >= 4 is 48.0 Å². The Morgan fingerprint density at radius 1 is 1.16 bits per heavy atom. The zero-order valence-corrected chi connectivity index (χ0v) is 14.0. The molecule has 0 aromatic heterocycles. The first kappa shape index (κ1) is 19.3. The maximum absolute atomic E-state index is 6.30. The van der Waals surface area contributed by atoms with E-state index >= 15 is 0 Å². The van der Waals surface area contributed by atoms with Gasteiger partial charge in [-0.3, -0.25) is 4.90 Å². The Morgan fingerprint density at radius 2 is 1.68 bits per heavy atom. The van der Waals surface area contributed by atoms with E-state index in [2.05, 4.69) is 17.1 Å². The highest BCUT2D eigenvalue weighted by Gasteiger charge is 2.24. The predicted molar refractivity (Wildman–Crippen MR) is 88.4 cm³/mol. The van der Waals surface area contributed by atoms with Gasteiger partial charge in [-0.15, -0.1) is 24.8 Å². The summed E-state index contributed by atoms with van der Waals surface area (Å²) in [5, 5.41) is 4.93. The molecule has 1 saturated heterocycles. The molecule has 0 radical (unpaired) electrons. The number of hydrogen-bond donors (Lipinski definition) is 1. The summed E-state index contributed by atoms with van der Waals surface area (Å²) in [6.07, 6.45) is 1.03. The summed E-state index contributed by atoms with van der Waals surface area (Å²) in [6, 6.07) is 6.08. The minimum atomic E-state index is 0. The Kier molecular flexibility index (Phi) is 9.42. The smallest absolute Gasteiger partial charge is 0.0468 e. The number of hydrogen-bond acceptors (Lipinski definition) is 2. The van der Waals surface area contributed by atoms with Gasteiger partial charge in [-0.2, -0.15) is 0 Å². The summed E-state index contributed by atoms with van der Waals surface area (Å²) in [7, 11) is 0. The van der Waals surface area contributed by atoms with Crippen molar-refractivity contribution in [2.75, 3.05) is 26.2 Å². The summed E-state index contributed by atoms with van der Waals surface area (Å²) in [4.78, 5) is 2.46. The van der Waals surface area contributed by atoms with E-state index in [-0.39, 0.29) is 24.8 Å². The van der Waals surface area contributed by atoms with E-state index in [1.54, 1.807) is 0 Å². The number of halogens is 4. The predicted octanol–water partition coefficient (Wildman–Crippen LogP) is 4.19. The summed E-state index contributed by atoms with van der Waals surface area (Å²) >= 11 is 12.6. The molecule has 0 amide bonds. The fourth-order valence-electron chi connectivity index (χ4n) is 2.47. The largest absolute Gasteiger partial charge is 0.314 e. The van der Waals surface area contributed by atoms with Gasteiger partial charge in [0.05, 0.1) is 0 Å². The number of piperazine rings is 1. The van der Waals surface area contributed by atoms with Crippen LogP contribution in [0, 0.1) is 0 Å². The van der Waals surface area contributed by atoms with E-state index in [1.807, 2.05) is 18.2 Å². The maximum atomic E-state index is 6.30. The van der Waals surface area contributed by atoms with Crippen LogP contribution < -0.4 is 5.32 Å². The highest BCUT2D eigenvalue weighted by atomic mass is 35.5. The zero-order valence-electron chi connectivity index (χ0n) is 10.9. The minimum Gasteiger partial charge on any atom is -0.314 e. The van der Waals surface area contributed by atoms with Crippen LogP contribution >= 0.6 is 48.0 Å². The van der Waals surface area contributed by atoms with Gasteiger partial charge in [0, 0.05) is 47.8 Å². The van der Waals surface area contributed by atoms with Gasteiger partial charge in [0.1, 0.15) is 0 Å². The fraction of sp³-hybridized carbons (Fsp3) is 0.538. The van der Waals surface area contributed by atoms with Crippen LogP contribution in [0.5, 0.6) is 0 Å². The molecule has 1 aromatic rings. The molecule has 0 bridgehead atoms. The molecule has 1 fully saturated rings. The van der Waals surface area contributed by atoms with Crippen LogP contribution in [-0.2, 0) is 0 Å². The molecular weight excluding hydrogens is 326 g/mol. The normalized spacial score (nSPS) is 17.2. The first-order valence-electron chi connectivity index (χ1n) is 6.12. The molecule has 6 heteroatoms. The molecule has 0 spiro atoms. The van der Waals surface area contributed by atoms with Crippen molar-refractivity contribution in [3.63, 3.8) is 0 Å². The van der Waals surface area contributed by atoms with Crippen LogP contribution in [0.3, 0.4) is 0 Å². The van der Waals surface area contributed by atoms with Crippen molar-refractivity contribution < 1.29 is 0 Å². The number of nitrogens with one attached hydrogen (secondary N) is 1. The Morgan fingerprint density at radius 3 is 2.16 bits per heavy atom. The number of nitrogens with zero attached hydrogens (tertiary/aromatic N) is 1. The monoisotopic (exact) mass is 344 g/mol. The Bertz CT molecular complexity index is 361. The molecule has 110 valence electrons. The van der Waals surface area contributed by atoms with Gasteiger partial charge in [0.15, 0.2) is 0 Å². The molecule has 2 rings (SSSR count). The first-order valence-corrected chi connectivity index (χ1v) is 6.88. The number of rotatable bonds is 3. The summed E-state index contributed by atoms with van der Waals surface area (Å²) in [6.45, 7) is 6.38. The van der Waals surface area contributed by atoms with Crippen molar-refractivity contribution in [3.05, 3.63) is 33.8 Å². The van der Waals surface area contributed by atoms with Gasteiger partial charge < -0.3 is 5.32 Å². The molecule has 19 heavy (non-hydrogen) atoms. The first-order chi connectivity index (χ1) is 8.24. The second-order valence-corrected chi connectivity index (χ2v) is 5.16. The fourth-order valence-corrected chi connectivity index (χ4v) is 3.12. The quantitative estimate of drug-likeness (QED) is 0.883. The van der Waals surface area contributed by atoms with Crippen LogP contribution in [0.4, 0.5) is 0 Å². The second kappa shape index (κ2) is 9.28. The molecule has 1 aliphatic heterocycles. The van der Waals surface area contributed by atoms with Gasteiger partial charge >= 0.3 is 0 Å². The third kappa shape index (κ3) is 4.66. The van der Waals surface area contributed by atoms with Crippen LogP contribution in [-0.4, -0.2) is 31.1 Å². The van der Waals surface area contributed by atoms with Crippen molar-refractivity contribution in [2.24, 2.45) is 0 Å². The van der Waals surface area contributed by atoms with E-state index in [0.29, 0.717) is 6.04 Å². The lowest BCUT2D eigenvalue weighted by atomic mass is 10.0. The molecule has 0 unspecified atom stereocenters. The van der Waals surface area contributed by atoms with Gasteiger partial charge in [-0.25, -0.2) is 0 Å². The SMILES string of the molecule is CC[C@@H](c1c(Cl)cccc1Cl)N1CCNCC1.Cl.Cl. The molecule has 1 aliphatic rings. The number of benzene rings is 1. The summed E-state index contributed by atoms with van der Waals surface area (Å²) < 4.78 is 0. The average Bonchev–Trinajstić information content (AvgIpc) is 2.35. The third-order valence-corrected chi connectivity index (χ3v) is 3.97. The van der Waals surface area contributed by atoms with Crippen molar-refractivity contribution in [1.82, 2.24) is 10.2 Å². The standard InChI is InChI=1S/C13H18Cl2N2.2ClH/c1-2-12(17-8-6-16-7-9-17)13-10(14)4-3-5-11(13)15;;/h3-5,12,16H,2,6-9H2,1H3;2*1H/t12-;;/m0../s1. The van der Waals surface area contributed by atoms with Crippen LogP contribution in [0.25, 0.3) is 0 Å². The molecule has 2 nitrogen and oxygen atoms in total. The van der Waals surface area contributed by atoms with Gasteiger partial charge in [-0.05, 0) is 18.6 Å². The lowest BCUT2D eigenvalue weighted by Crippen LogP contribution is -2.45. The molecule has 0 aliphatic carbocycles. The van der Waals surface area contributed by atoms with E-state index in [1.165, 1.54) is 0 Å². The van der Waals surface area contributed by atoms with Gasteiger partial charge in [-0.1, -0.05) is 36.2 Å². The van der Waals surface area contributed by atoms with Gasteiger partial charge in [0.2, 0.25) is 0 Å². The topological polar surface area (TPSA) is 15.3 Å². The Hall–Kier alpha value is 0.300. The van der Waals surface area contributed by atoms with Crippen LogP contribution in [0.15, 0.2) is 18.2 Å². The molecule has 0 saturated carbocycles. The van der Waals surface area contributed by atoms with Crippen molar-refractivity contribution in [2.45, 2.75) is 19.4 Å². The average molecular weight is 346 g/mol. The lowest BCUT2D eigenvalue weighted by molar-refractivity contribution is 0.169. The summed E-state index contributed by atoms with van der Waals surface area (Å²) in [5.74, 6) is 0.